The zero-order valence-corrected chi connectivity index (χ0v) is 27.4. The number of ether oxygens (including phenoxy) is 1. The normalized spacial score (nSPS) is 16.7. The van der Waals surface area contributed by atoms with Gasteiger partial charge in [0.15, 0.2) is 0 Å². The standard InChI is InChI=1S/C35H40N6O7/c1-21-9-5-6-10-24(21)38-33(46)39-26-15-14-23(18-29(26)48-4)20-40-34(47)41(32(45)35(40,2)3)28(17-22-12-13-22)31(44)37-27(19-30(42)43)25-11-7-8-16-36-25/h5-11,14-16,18,22,27-28H,12-13,17,19-20H2,1-4H3,(H,37,44)(H,42,43)(H2,38,39,46)/t27?,28-/m0/s1. The van der Waals surface area contributed by atoms with Gasteiger partial charge in [0.05, 0.1) is 31.0 Å². The van der Waals surface area contributed by atoms with Crippen molar-refractivity contribution in [3.8, 4) is 5.75 Å². The SMILES string of the molecule is COc1cc(CN2C(=O)N([C@@H](CC3CC3)C(=O)NC(CC(=O)O)c3ccccn3)C(=O)C2(C)C)ccc1NC(=O)Nc1ccccc1C. The summed E-state index contributed by atoms with van der Waals surface area (Å²) in [5, 5.41) is 17.9. The van der Waals surface area contributed by atoms with Crippen LogP contribution >= 0.6 is 0 Å². The number of carbonyl (C=O) groups is 5. The number of anilines is 2. The molecule has 2 fully saturated rings. The molecule has 0 bridgehead atoms. The number of carboxylic acids is 1. The maximum Gasteiger partial charge on any atom is 0.328 e. The fraction of sp³-hybridized carbons (Fsp3) is 0.371. The van der Waals surface area contributed by atoms with E-state index in [2.05, 4.69) is 20.9 Å². The van der Waals surface area contributed by atoms with Gasteiger partial charge in [-0.15, -0.1) is 0 Å². The van der Waals surface area contributed by atoms with E-state index in [0.717, 1.165) is 23.3 Å². The summed E-state index contributed by atoms with van der Waals surface area (Å²) in [4.78, 5) is 72.8. The summed E-state index contributed by atoms with van der Waals surface area (Å²) in [5.74, 6) is -1.75. The Bertz CT molecular complexity index is 1710. The number of pyridine rings is 1. The number of nitrogens with one attached hydrogen (secondary N) is 3. The lowest BCUT2D eigenvalue weighted by Crippen LogP contribution is -2.52. The molecule has 2 heterocycles. The summed E-state index contributed by atoms with van der Waals surface area (Å²) >= 11 is 0. The van der Waals surface area contributed by atoms with Crippen LogP contribution in [0, 0.1) is 12.8 Å². The molecular formula is C35H40N6O7. The minimum Gasteiger partial charge on any atom is -0.495 e. The molecule has 13 nitrogen and oxygen atoms in total. The van der Waals surface area contributed by atoms with Crippen molar-refractivity contribution in [3.63, 3.8) is 0 Å². The lowest BCUT2D eigenvalue weighted by atomic mass is 10.0. The fourth-order valence-electron chi connectivity index (χ4n) is 5.77. The van der Waals surface area contributed by atoms with Crippen LogP contribution in [0.15, 0.2) is 66.9 Å². The van der Waals surface area contributed by atoms with Gasteiger partial charge in [-0.25, -0.2) is 14.5 Å². The summed E-state index contributed by atoms with van der Waals surface area (Å²) < 4.78 is 5.54. The molecule has 48 heavy (non-hydrogen) atoms. The molecule has 0 radical (unpaired) electrons. The number of benzene rings is 2. The van der Waals surface area contributed by atoms with Crippen molar-refractivity contribution in [2.24, 2.45) is 5.92 Å². The Morgan fingerprint density at radius 2 is 1.73 bits per heavy atom. The summed E-state index contributed by atoms with van der Waals surface area (Å²) in [6.07, 6.45) is 3.10. The van der Waals surface area contributed by atoms with Gasteiger partial charge >= 0.3 is 18.0 Å². The van der Waals surface area contributed by atoms with E-state index in [9.17, 15) is 29.1 Å². The maximum absolute atomic E-state index is 14.0. The van der Waals surface area contributed by atoms with E-state index in [1.54, 1.807) is 56.3 Å². The molecule has 6 amide bonds. The second-order valence-corrected chi connectivity index (χ2v) is 12.6. The van der Waals surface area contributed by atoms with Gasteiger partial charge in [-0.3, -0.25) is 19.4 Å². The lowest BCUT2D eigenvalue weighted by molar-refractivity contribution is -0.140. The first-order chi connectivity index (χ1) is 22.9. The Kier molecular flexibility index (Phi) is 9.97. The number of rotatable bonds is 13. The van der Waals surface area contributed by atoms with Crippen LogP contribution in [-0.2, 0) is 20.9 Å². The van der Waals surface area contributed by atoms with Crippen LogP contribution in [0.5, 0.6) is 5.75 Å². The number of methoxy groups -OCH3 is 1. The number of carbonyl (C=O) groups excluding carboxylic acids is 4. The molecule has 252 valence electrons. The maximum atomic E-state index is 14.0. The Labute approximate surface area is 278 Å². The van der Waals surface area contributed by atoms with Crippen LogP contribution in [0.3, 0.4) is 0 Å². The van der Waals surface area contributed by atoms with Crippen molar-refractivity contribution in [3.05, 3.63) is 83.7 Å². The van der Waals surface area contributed by atoms with E-state index in [4.69, 9.17) is 4.74 Å². The number of aryl methyl sites for hydroxylation is 1. The third-order valence-electron chi connectivity index (χ3n) is 8.71. The number of aromatic nitrogens is 1. The van der Waals surface area contributed by atoms with E-state index in [-0.39, 0.29) is 18.9 Å². The van der Waals surface area contributed by atoms with Crippen LogP contribution < -0.4 is 20.7 Å². The van der Waals surface area contributed by atoms with Gasteiger partial charge in [-0.2, -0.15) is 0 Å². The number of imide groups is 1. The van der Waals surface area contributed by atoms with Gasteiger partial charge in [-0.1, -0.05) is 43.2 Å². The Hall–Kier alpha value is -5.46. The van der Waals surface area contributed by atoms with Crippen LogP contribution in [-0.4, -0.2) is 68.4 Å². The number of amides is 6. The van der Waals surface area contributed by atoms with Crippen molar-refractivity contribution in [2.75, 3.05) is 17.7 Å². The predicted molar refractivity (Wildman–Crippen MR) is 177 cm³/mol. The monoisotopic (exact) mass is 656 g/mol. The van der Waals surface area contributed by atoms with Gasteiger partial charge in [0.2, 0.25) is 5.91 Å². The van der Waals surface area contributed by atoms with Crippen LogP contribution in [0.1, 0.15) is 62.4 Å². The Morgan fingerprint density at radius 1 is 1.02 bits per heavy atom. The first kappa shape index (κ1) is 33.9. The van der Waals surface area contributed by atoms with Crippen molar-refractivity contribution >= 4 is 41.2 Å². The zero-order valence-electron chi connectivity index (χ0n) is 27.4. The van der Waals surface area contributed by atoms with Gasteiger partial charge in [0, 0.05) is 18.4 Å². The van der Waals surface area contributed by atoms with Gasteiger partial charge in [-0.05, 0) is 74.6 Å². The molecule has 2 aromatic carbocycles. The molecule has 1 saturated carbocycles. The molecule has 13 heteroatoms. The number of aliphatic carboxylic acids is 1. The highest BCUT2D eigenvalue weighted by atomic mass is 16.5. The summed E-state index contributed by atoms with van der Waals surface area (Å²) in [7, 11) is 1.46. The van der Waals surface area contributed by atoms with Crippen molar-refractivity contribution in [2.45, 2.75) is 70.6 Å². The number of nitrogens with zero attached hydrogens (tertiary/aromatic N) is 3. The number of carboxylic acid groups (broad SMARTS) is 1. The van der Waals surface area contributed by atoms with Crippen molar-refractivity contribution in [1.82, 2.24) is 20.1 Å². The highest BCUT2D eigenvalue weighted by Crippen LogP contribution is 2.39. The Morgan fingerprint density at radius 3 is 2.38 bits per heavy atom. The number of hydrogen-bond donors (Lipinski definition) is 4. The molecule has 0 spiro atoms. The minimum absolute atomic E-state index is 0.0213. The molecule has 1 aliphatic heterocycles. The molecule has 4 N–H and O–H groups in total. The van der Waals surface area contributed by atoms with Crippen LogP contribution in [0.25, 0.3) is 0 Å². The third kappa shape index (κ3) is 7.56. The van der Waals surface area contributed by atoms with E-state index in [0.29, 0.717) is 28.4 Å². The fourth-order valence-corrected chi connectivity index (χ4v) is 5.77. The molecule has 2 aliphatic rings. The summed E-state index contributed by atoms with van der Waals surface area (Å²) in [6.45, 7) is 5.16. The van der Waals surface area contributed by atoms with Gasteiger partial charge in [0.25, 0.3) is 5.91 Å². The molecule has 1 saturated heterocycles. The highest BCUT2D eigenvalue weighted by Gasteiger charge is 2.55. The third-order valence-corrected chi connectivity index (χ3v) is 8.71. The van der Waals surface area contributed by atoms with Crippen LogP contribution in [0.2, 0.25) is 0 Å². The first-order valence-corrected chi connectivity index (χ1v) is 15.8. The van der Waals surface area contributed by atoms with Crippen molar-refractivity contribution in [1.29, 1.82) is 0 Å². The van der Waals surface area contributed by atoms with E-state index >= 15 is 0 Å². The number of para-hydroxylation sites is 1. The Balaban J connectivity index is 1.34. The summed E-state index contributed by atoms with van der Waals surface area (Å²) in [5.41, 5.74) is 1.67. The lowest BCUT2D eigenvalue weighted by Gasteiger charge is -2.28. The molecule has 1 aliphatic carbocycles. The molecule has 5 rings (SSSR count). The summed E-state index contributed by atoms with van der Waals surface area (Å²) in [6, 6.07) is 14.3. The predicted octanol–water partition coefficient (Wildman–Crippen LogP) is 5.09. The molecule has 1 unspecified atom stereocenters. The van der Waals surface area contributed by atoms with Gasteiger partial charge in [0.1, 0.15) is 17.3 Å². The second kappa shape index (κ2) is 14.1. The largest absolute Gasteiger partial charge is 0.495 e. The average molecular weight is 657 g/mol. The molecule has 1 aromatic heterocycles. The van der Waals surface area contributed by atoms with E-state index < -0.39 is 53.9 Å². The van der Waals surface area contributed by atoms with E-state index in [1.165, 1.54) is 18.2 Å². The molecule has 2 atom stereocenters. The van der Waals surface area contributed by atoms with Crippen LogP contribution in [0.4, 0.5) is 21.0 Å². The van der Waals surface area contributed by atoms with E-state index in [1.807, 2.05) is 25.1 Å². The van der Waals surface area contributed by atoms with Crippen molar-refractivity contribution < 1.29 is 33.8 Å². The molecule has 3 aromatic rings. The quantitative estimate of drug-likeness (QED) is 0.185. The second-order valence-electron chi connectivity index (χ2n) is 12.6. The minimum atomic E-state index is -1.29. The molecular weight excluding hydrogens is 616 g/mol. The topological polar surface area (TPSA) is 170 Å². The first-order valence-electron chi connectivity index (χ1n) is 15.8. The highest BCUT2D eigenvalue weighted by molar-refractivity contribution is 6.09. The number of urea groups is 2. The number of hydrogen-bond acceptors (Lipinski definition) is 7. The zero-order chi connectivity index (χ0) is 34.6. The van der Waals surface area contributed by atoms with Gasteiger partial charge < -0.3 is 30.7 Å². The smallest absolute Gasteiger partial charge is 0.328 e. The average Bonchev–Trinajstić information content (AvgIpc) is 3.86.